The third-order valence-corrected chi connectivity index (χ3v) is 4.06. The van der Waals surface area contributed by atoms with Gasteiger partial charge in [0.2, 0.25) is 11.8 Å². The number of nitrogens with zero attached hydrogens (tertiary/aromatic N) is 1. The molecule has 22 heavy (non-hydrogen) atoms. The van der Waals surface area contributed by atoms with Crippen molar-refractivity contribution < 1.29 is 23.9 Å². The Morgan fingerprint density at radius 1 is 1.36 bits per heavy atom. The summed E-state index contributed by atoms with van der Waals surface area (Å²) in [6.45, 7) is 0.326. The van der Waals surface area contributed by atoms with Gasteiger partial charge in [-0.2, -0.15) is 0 Å². The van der Waals surface area contributed by atoms with Crippen molar-refractivity contribution in [2.45, 2.75) is 12.5 Å². The van der Waals surface area contributed by atoms with Gasteiger partial charge in [0.05, 0.1) is 17.2 Å². The molecule has 0 aliphatic carbocycles. The van der Waals surface area contributed by atoms with E-state index in [2.05, 4.69) is 5.32 Å². The lowest BCUT2D eigenvalue weighted by Crippen LogP contribution is -2.42. The molecule has 1 aromatic rings. The summed E-state index contributed by atoms with van der Waals surface area (Å²) in [5.74, 6) is -2.45. The van der Waals surface area contributed by atoms with Gasteiger partial charge in [-0.3, -0.25) is 14.4 Å². The van der Waals surface area contributed by atoms with Crippen LogP contribution >= 0.6 is 11.8 Å². The first-order valence-corrected chi connectivity index (χ1v) is 7.79. The van der Waals surface area contributed by atoms with Gasteiger partial charge in [-0.15, -0.1) is 11.8 Å². The van der Waals surface area contributed by atoms with Crippen molar-refractivity contribution in [3.05, 3.63) is 30.1 Å². The van der Waals surface area contributed by atoms with Crippen LogP contribution in [-0.2, 0) is 14.4 Å². The molecule has 2 amide bonds. The maximum Gasteiger partial charge on any atom is 0.313 e. The van der Waals surface area contributed by atoms with Crippen molar-refractivity contribution in [1.29, 1.82) is 0 Å². The van der Waals surface area contributed by atoms with Crippen LogP contribution in [0.15, 0.2) is 24.3 Å². The number of hydrogen-bond acceptors (Lipinski definition) is 4. The number of carboxylic acid groups (broad SMARTS) is 1. The van der Waals surface area contributed by atoms with Crippen molar-refractivity contribution in [3.63, 3.8) is 0 Å². The molecule has 2 N–H and O–H groups in total. The molecule has 1 aliphatic heterocycles. The quantitative estimate of drug-likeness (QED) is 0.810. The largest absolute Gasteiger partial charge is 0.481 e. The second kappa shape index (κ2) is 7.26. The Labute approximate surface area is 130 Å². The van der Waals surface area contributed by atoms with E-state index in [4.69, 9.17) is 5.11 Å². The van der Waals surface area contributed by atoms with Gasteiger partial charge < -0.3 is 15.3 Å². The molecule has 1 heterocycles. The van der Waals surface area contributed by atoms with E-state index in [1.165, 1.54) is 23.1 Å². The van der Waals surface area contributed by atoms with Crippen LogP contribution in [0.25, 0.3) is 0 Å². The van der Waals surface area contributed by atoms with Gasteiger partial charge in [-0.25, -0.2) is 4.39 Å². The van der Waals surface area contributed by atoms with Crippen LogP contribution in [0.4, 0.5) is 10.1 Å². The van der Waals surface area contributed by atoms with E-state index >= 15 is 0 Å². The van der Waals surface area contributed by atoms with E-state index in [1.54, 1.807) is 6.07 Å². The summed E-state index contributed by atoms with van der Waals surface area (Å²) in [6.07, 6.45) is 0.391. The number of thioether (sulfide) groups is 1. The Hall–Kier alpha value is -2.09. The normalized spacial score (nSPS) is 17.6. The molecule has 1 fully saturated rings. The maximum absolute atomic E-state index is 13.7. The number of anilines is 1. The maximum atomic E-state index is 13.7. The van der Waals surface area contributed by atoms with Gasteiger partial charge in [0.25, 0.3) is 0 Å². The van der Waals surface area contributed by atoms with Gasteiger partial charge >= 0.3 is 5.97 Å². The van der Waals surface area contributed by atoms with Crippen molar-refractivity contribution >= 4 is 35.2 Å². The molecule has 0 aromatic heterocycles. The molecule has 1 atom stereocenters. The van der Waals surface area contributed by atoms with Crippen molar-refractivity contribution in [1.82, 2.24) is 5.32 Å². The van der Waals surface area contributed by atoms with Crippen LogP contribution < -0.4 is 10.2 Å². The fourth-order valence-electron chi connectivity index (χ4n) is 2.19. The summed E-state index contributed by atoms with van der Waals surface area (Å²) >= 11 is 0.957. The highest BCUT2D eigenvalue weighted by Crippen LogP contribution is 2.24. The van der Waals surface area contributed by atoms with Crippen LogP contribution in [0.5, 0.6) is 0 Å². The second-order valence-electron chi connectivity index (χ2n) is 4.74. The lowest BCUT2D eigenvalue weighted by atomic mass is 10.2. The summed E-state index contributed by atoms with van der Waals surface area (Å²) in [5, 5.41) is 11.0. The highest BCUT2D eigenvalue weighted by Gasteiger charge is 2.34. The Morgan fingerprint density at radius 3 is 2.77 bits per heavy atom. The standard InChI is InChI=1S/C14H15FN2O4S/c15-9-3-1-2-4-11(9)17-6-5-10(14(17)21)16-12(18)7-22-8-13(19)20/h1-4,10H,5-8H2,(H,16,18)(H,19,20). The average Bonchev–Trinajstić information content (AvgIpc) is 2.80. The average molecular weight is 326 g/mol. The number of para-hydroxylation sites is 1. The van der Waals surface area contributed by atoms with Crippen LogP contribution in [0.3, 0.4) is 0 Å². The first-order chi connectivity index (χ1) is 10.5. The number of nitrogens with one attached hydrogen (secondary N) is 1. The number of amides is 2. The number of carbonyl (C=O) groups excluding carboxylic acids is 2. The summed E-state index contributed by atoms with van der Waals surface area (Å²) in [4.78, 5) is 35.6. The van der Waals surface area contributed by atoms with Gasteiger partial charge in [0.15, 0.2) is 0 Å². The molecule has 1 aliphatic rings. The topological polar surface area (TPSA) is 86.7 Å². The molecule has 0 bridgehead atoms. The van der Waals surface area contributed by atoms with Crippen molar-refractivity contribution in [3.8, 4) is 0 Å². The molecular weight excluding hydrogens is 311 g/mol. The lowest BCUT2D eigenvalue weighted by molar-refractivity contribution is -0.133. The van der Waals surface area contributed by atoms with E-state index in [0.29, 0.717) is 13.0 Å². The Morgan fingerprint density at radius 2 is 2.09 bits per heavy atom. The van der Waals surface area contributed by atoms with E-state index < -0.39 is 23.7 Å². The van der Waals surface area contributed by atoms with Gasteiger partial charge in [-0.05, 0) is 18.6 Å². The molecule has 6 nitrogen and oxygen atoms in total. The highest BCUT2D eigenvalue weighted by molar-refractivity contribution is 8.00. The van der Waals surface area contributed by atoms with Crippen LogP contribution in [-0.4, -0.2) is 47.0 Å². The van der Waals surface area contributed by atoms with Crippen molar-refractivity contribution in [2.24, 2.45) is 0 Å². The van der Waals surface area contributed by atoms with E-state index in [0.717, 1.165) is 11.8 Å². The molecule has 0 spiro atoms. The SMILES string of the molecule is O=C(O)CSCC(=O)NC1CCN(c2ccccc2F)C1=O. The van der Waals surface area contributed by atoms with Crippen LogP contribution in [0.1, 0.15) is 6.42 Å². The predicted molar refractivity (Wildman–Crippen MR) is 80.3 cm³/mol. The number of carboxylic acids is 1. The zero-order chi connectivity index (χ0) is 16.1. The molecule has 0 saturated carbocycles. The van der Waals surface area contributed by atoms with Gasteiger partial charge in [0.1, 0.15) is 11.9 Å². The van der Waals surface area contributed by atoms with Gasteiger partial charge in [0, 0.05) is 6.54 Å². The third kappa shape index (κ3) is 3.97. The van der Waals surface area contributed by atoms with E-state index in [-0.39, 0.29) is 23.1 Å². The number of benzene rings is 1. The number of hydrogen-bond donors (Lipinski definition) is 2. The number of aliphatic carboxylic acids is 1. The number of halogens is 1. The Kier molecular flexibility index (Phi) is 5.37. The molecule has 8 heteroatoms. The smallest absolute Gasteiger partial charge is 0.313 e. The summed E-state index contributed by atoms with van der Waals surface area (Å²) in [6, 6.07) is 5.27. The molecule has 1 unspecified atom stereocenters. The Balaban J connectivity index is 1.90. The third-order valence-electron chi connectivity index (χ3n) is 3.14. The Bertz CT molecular complexity index is 596. The molecule has 118 valence electrons. The minimum Gasteiger partial charge on any atom is -0.481 e. The van der Waals surface area contributed by atoms with Crippen LogP contribution in [0.2, 0.25) is 0 Å². The lowest BCUT2D eigenvalue weighted by Gasteiger charge is -2.17. The molecule has 1 saturated heterocycles. The monoisotopic (exact) mass is 326 g/mol. The van der Waals surface area contributed by atoms with Gasteiger partial charge in [-0.1, -0.05) is 12.1 Å². The summed E-state index contributed by atoms with van der Waals surface area (Å²) in [7, 11) is 0. The molecule has 1 aromatic carbocycles. The molecule has 0 radical (unpaired) electrons. The molecular formula is C14H15FN2O4S. The van der Waals surface area contributed by atoms with Crippen LogP contribution in [0, 0.1) is 5.82 Å². The minimum atomic E-state index is -1.000. The van der Waals surface area contributed by atoms with E-state index in [1.807, 2.05) is 0 Å². The second-order valence-corrected chi connectivity index (χ2v) is 5.72. The first-order valence-electron chi connectivity index (χ1n) is 6.64. The minimum absolute atomic E-state index is 0.0320. The first kappa shape index (κ1) is 16.3. The predicted octanol–water partition coefficient (Wildman–Crippen LogP) is 0.865. The number of carbonyl (C=O) groups is 3. The van der Waals surface area contributed by atoms with E-state index in [9.17, 15) is 18.8 Å². The molecule has 2 rings (SSSR count). The highest BCUT2D eigenvalue weighted by atomic mass is 32.2. The summed E-state index contributed by atoms with van der Waals surface area (Å²) < 4.78 is 13.7. The number of rotatable bonds is 6. The van der Waals surface area contributed by atoms with Crippen molar-refractivity contribution in [2.75, 3.05) is 23.0 Å². The fourth-order valence-corrected chi connectivity index (χ4v) is 2.74. The fraction of sp³-hybridized carbons (Fsp3) is 0.357. The zero-order valence-corrected chi connectivity index (χ0v) is 12.4. The zero-order valence-electron chi connectivity index (χ0n) is 11.6. The summed E-state index contributed by atoms with van der Waals surface area (Å²) in [5.41, 5.74) is 0.199.